The standard InChI is InChI=1S/C19H37NO/c1-5-16-9-11-17(12-10-16)18(20-4)19(21-6-2)13-7-8-15(3)14-19/h15-18,20H,5-14H2,1-4H3. The summed E-state index contributed by atoms with van der Waals surface area (Å²) in [6.45, 7) is 7.79. The first-order chi connectivity index (χ1) is 10.1. The normalized spacial score (nSPS) is 39.1. The van der Waals surface area contributed by atoms with Crippen LogP contribution < -0.4 is 5.32 Å². The molecule has 0 bridgehead atoms. The molecule has 0 amide bonds. The minimum atomic E-state index is 0.102. The highest BCUT2D eigenvalue weighted by Gasteiger charge is 2.45. The first-order valence-corrected chi connectivity index (χ1v) is 9.46. The number of nitrogens with one attached hydrogen (secondary N) is 1. The zero-order chi connectivity index (χ0) is 15.3. The summed E-state index contributed by atoms with van der Waals surface area (Å²) < 4.78 is 6.44. The van der Waals surface area contributed by atoms with Gasteiger partial charge in [0.15, 0.2) is 0 Å². The highest BCUT2D eigenvalue weighted by Crippen LogP contribution is 2.43. The van der Waals surface area contributed by atoms with Crippen LogP contribution in [-0.2, 0) is 4.74 Å². The van der Waals surface area contributed by atoms with E-state index in [9.17, 15) is 0 Å². The minimum absolute atomic E-state index is 0.102. The van der Waals surface area contributed by atoms with Crippen molar-refractivity contribution in [1.29, 1.82) is 0 Å². The molecule has 0 aromatic carbocycles. The quantitative estimate of drug-likeness (QED) is 0.761. The van der Waals surface area contributed by atoms with E-state index >= 15 is 0 Å². The van der Waals surface area contributed by atoms with Crippen LogP contribution in [0.2, 0.25) is 0 Å². The van der Waals surface area contributed by atoms with Gasteiger partial charge in [-0.05, 0) is 57.4 Å². The predicted octanol–water partition coefficient (Wildman–Crippen LogP) is 4.78. The van der Waals surface area contributed by atoms with Crippen molar-refractivity contribution in [2.75, 3.05) is 13.7 Å². The van der Waals surface area contributed by atoms with Gasteiger partial charge in [0, 0.05) is 12.6 Å². The Labute approximate surface area is 132 Å². The number of rotatable bonds is 6. The van der Waals surface area contributed by atoms with Gasteiger partial charge < -0.3 is 10.1 Å². The molecule has 0 heterocycles. The molecule has 2 nitrogen and oxygen atoms in total. The van der Waals surface area contributed by atoms with Gasteiger partial charge in [0.1, 0.15) is 0 Å². The number of hydrogen-bond donors (Lipinski definition) is 1. The first-order valence-electron chi connectivity index (χ1n) is 9.46. The number of ether oxygens (including phenoxy) is 1. The SMILES string of the molecule is CCOC1(C(NC)C2CCC(CC)CC2)CCCC(C)C1. The Morgan fingerprint density at radius 3 is 2.38 bits per heavy atom. The van der Waals surface area contributed by atoms with E-state index in [1.54, 1.807) is 0 Å². The maximum absolute atomic E-state index is 6.44. The average Bonchev–Trinajstić information content (AvgIpc) is 2.49. The fourth-order valence-corrected chi connectivity index (χ4v) is 5.19. The Bertz CT molecular complexity index is 294. The van der Waals surface area contributed by atoms with Crippen molar-refractivity contribution >= 4 is 0 Å². The molecule has 2 fully saturated rings. The Kier molecular flexibility index (Phi) is 6.55. The van der Waals surface area contributed by atoms with E-state index < -0.39 is 0 Å². The molecule has 21 heavy (non-hydrogen) atoms. The van der Waals surface area contributed by atoms with E-state index in [1.165, 1.54) is 57.8 Å². The van der Waals surface area contributed by atoms with E-state index in [0.29, 0.717) is 6.04 Å². The van der Waals surface area contributed by atoms with E-state index in [2.05, 4.69) is 33.1 Å². The molecule has 3 atom stereocenters. The summed E-state index contributed by atoms with van der Waals surface area (Å²) in [5.41, 5.74) is 0.102. The van der Waals surface area contributed by atoms with Gasteiger partial charge in [0.2, 0.25) is 0 Å². The smallest absolute Gasteiger partial charge is 0.0839 e. The van der Waals surface area contributed by atoms with Crippen LogP contribution in [0, 0.1) is 17.8 Å². The molecule has 1 N–H and O–H groups in total. The molecule has 0 saturated heterocycles. The summed E-state index contributed by atoms with van der Waals surface area (Å²) in [7, 11) is 2.16. The monoisotopic (exact) mass is 295 g/mol. The van der Waals surface area contributed by atoms with Crippen molar-refractivity contribution < 1.29 is 4.74 Å². The van der Waals surface area contributed by atoms with E-state index in [1.807, 2.05) is 0 Å². The van der Waals surface area contributed by atoms with Crippen LogP contribution >= 0.6 is 0 Å². The molecule has 2 aliphatic rings. The first kappa shape index (κ1) is 17.3. The Hall–Kier alpha value is -0.0800. The van der Waals surface area contributed by atoms with Crippen LogP contribution in [0.1, 0.15) is 78.6 Å². The molecular weight excluding hydrogens is 258 g/mol. The Balaban J connectivity index is 2.08. The lowest BCUT2D eigenvalue weighted by Gasteiger charge is -2.49. The topological polar surface area (TPSA) is 21.3 Å². The molecule has 2 saturated carbocycles. The number of hydrogen-bond acceptors (Lipinski definition) is 2. The molecular formula is C19H37NO. The number of likely N-dealkylation sites (N-methyl/N-ethyl adjacent to an activating group) is 1. The Morgan fingerprint density at radius 1 is 1.14 bits per heavy atom. The molecule has 3 unspecified atom stereocenters. The van der Waals surface area contributed by atoms with E-state index in [4.69, 9.17) is 4.74 Å². The van der Waals surface area contributed by atoms with Crippen molar-refractivity contribution in [2.45, 2.75) is 90.2 Å². The van der Waals surface area contributed by atoms with Crippen LogP contribution in [0.5, 0.6) is 0 Å². The molecule has 124 valence electrons. The van der Waals surface area contributed by atoms with Gasteiger partial charge in [0.25, 0.3) is 0 Å². The van der Waals surface area contributed by atoms with Crippen molar-refractivity contribution in [2.24, 2.45) is 17.8 Å². The zero-order valence-corrected chi connectivity index (χ0v) is 14.8. The van der Waals surface area contributed by atoms with E-state index in [-0.39, 0.29) is 5.60 Å². The molecule has 0 spiro atoms. The van der Waals surface area contributed by atoms with Crippen molar-refractivity contribution in [1.82, 2.24) is 5.32 Å². The van der Waals surface area contributed by atoms with Crippen LogP contribution in [0.4, 0.5) is 0 Å². The summed E-state index contributed by atoms with van der Waals surface area (Å²) in [4.78, 5) is 0. The maximum atomic E-state index is 6.44. The fraction of sp³-hybridized carbons (Fsp3) is 1.00. The zero-order valence-electron chi connectivity index (χ0n) is 14.8. The molecule has 2 aliphatic carbocycles. The van der Waals surface area contributed by atoms with Gasteiger partial charge in [-0.3, -0.25) is 0 Å². The van der Waals surface area contributed by atoms with Crippen LogP contribution in [-0.4, -0.2) is 25.3 Å². The van der Waals surface area contributed by atoms with Gasteiger partial charge in [-0.2, -0.15) is 0 Å². The molecule has 0 aromatic rings. The third kappa shape index (κ3) is 4.01. The molecule has 0 aromatic heterocycles. The van der Waals surface area contributed by atoms with Crippen LogP contribution in [0.15, 0.2) is 0 Å². The second-order valence-corrected chi connectivity index (χ2v) is 7.65. The summed E-state index contributed by atoms with van der Waals surface area (Å²) in [5.74, 6) is 2.61. The highest BCUT2D eigenvalue weighted by molar-refractivity contribution is 5.00. The van der Waals surface area contributed by atoms with Gasteiger partial charge >= 0.3 is 0 Å². The van der Waals surface area contributed by atoms with Crippen molar-refractivity contribution in [3.63, 3.8) is 0 Å². The largest absolute Gasteiger partial charge is 0.374 e. The lowest BCUT2D eigenvalue weighted by atomic mass is 9.67. The lowest BCUT2D eigenvalue weighted by molar-refractivity contribution is -0.114. The third-order valence-electron chi connectivity index (χ3n) is 6.24. The van der Waals surface area contributed by atoms with E-state index in [0.717, 1.165) is 24.4 Å². The maximum Gasteiger partial charge on any atom is 0.0839 e. The van der Waals surface area contributed by atoms with Crippen LogP contribution in [0.25, 0.3) is 0 Å². The third-order valence-corrected chi connectivity index (χ3v) is 6.24. The summed E-state index contributed by atoms with van der Waals surface area (Å²) in [6.07, 6.45) is 12.2. The second-order valence-electron chi connectivity index (χ2n) is 7.65. The Morgan fingerprint density at radius 2 is 1.86 bits per heavy atom. The van der Waals surface area contributed by atoms with Gasteiger partial charge in [-0.15, -0.1) is 0 Å². The molecule has 0 radical (unpaired) electrons. The van der Waals surface area contributed by atoms with Crippen LogP contribution in [0.3, 0.4) is 0 Å². The van der Waals surface area contributed by atoms with Crippen molar-refractivity contribution in [3.05, 3.63) is 0 Å². The summed E-state index contributed by atoms with van der Waals surface area (Å²) >= 11 is 0. The summed E-state index contributed by atoms with van der Waals surface area (Å²) in [5, 5.41) is 3.70. The highest BCUT2D eigenvalue weighted by atomic mass is 16.5. The molecule has 2 heteroatoms. The van der Waals surface area contributed by atoms with Crippen molar-refractivity contribution in [3.8, 4) is 0 Å². The van der Waals surface area contributed by atoms with Gasteiger partial charge in [0.05, 0.1) is 5.60 Å². The predicted molar refractivity (Wildman–Crippen MR) is 90.6 cm³/mol. The summed E-state index contributed by atoms with van der Waals surface area (Å²) in [6, 6.07) is 0.554. The molecule has 0 aliphatic heterocycles. The fourth-order valence-electron chi connectivity index (χ4n) is 5.19. The minimum Gasteiger partial charge on any atom is -0.374 e. The van der Waals surface area contributed by atoms with Gasteiger partial charge in [-0.1, -0.05) is 46.0 Å². The second kappa shape index (κ2) is 7.97. The average molecular weight is 296 g/mol. The van der Waals surface area contributed by atoms with Gasteiger partial charge in [-0.25, -0.2) is 0 Å². The molecule has 2 rings (SSSR count). The lowest BCUT2D eigenvalue weighted by Crippen LogP contribution is -2.57.